The van der Waals surface area contributed by atoms with Crippen LogP contribution in [0.2, 0.25) is 0 Å². The van der Waals surface area contributed by atoms with Gasteiger partial charge in [0.2, 0.25) is 5.91 Å². The minimum absolute atomic E-state index is 0.146. The van der Waals surface area contributed by atoms with Gasteiger partial charge in [0.1, 0.15) is 12.7 Å². The van der Waals surface area contributed by atoms with Gasteiger partial charge in [0.05, 0.1) is 11.5 Å². The first-order valence-corrected chi connectivity index (χ1v) is 14.6. The molecule has 3 aliphatic heterocycles. The van der Waals surface area contributed by atoms with Crippen LogP contribution in [0.4, 0.5) is 0 Å². The molecule has 0 unspecified atom stereocenters. The largest absolute Gasteiger partial charge is 0.462 e. The van der Waals surface area contributed by atoms with Crippen molar-refractivity contribution in [2.45, 2.75) is 76.5 Å². The van der Waals surface area contributed by atoms with Crippen molar-refractivity contribution in [3.8, 4) is 0 Å². The minimum Gasteiger partial charge on any atom is -0.462 e. The second-order valence-electron chi connectivity index (χ2n) is 11.9. The SMILES string of the molecule is CN1CCC(CC(=O)N2CCCCC3(CCN(Cc4ccccc4)CC3)C(=O)OC[C@@H](O)[C@@H](O)CC2)CC1. The smallest absolute Gasteiger partial charge is 0.312 e. The Balaban J connectivity index is 1.37. The maximum Gasteiger partial charge on any atom is 0.312 e. The molecule has 212 valence electrons. The molecule has 4 rings (SSSR count). The molecule has 0 saturated carbocycles. The summed E-state index contributed by atoms with van der Waals surface area (Å²) in [6.45, 7) is 5.39. The van der Waals surface area contributed by atoms with E-state index in [1.54, 1.807) is 0 Å². The second-order valence-corrected chi connectivity index (χ2v) is 11.9. The van der Waals surface area contributed by atoms with Crippen LogP contribution in [0.15, 0.2) is 30.3 Å². The van der Waals surface area contributed by atoms with Gasteiger partial charge in [-0.25, -0.2) is 0 Å². The van der Waals surface area contributed by atoms with E-state index in [1.807, 2.05) is 11.0 Å². The summed E-state index contributed by atoms with van der Waals surface area (Å²) in [5, 5.41) is 21.1. The van der Waals surface area contributed by atoms with Crippen molar-refractivity contribution in [3.63, 3.8) is 0 Å². The molecule has 3 saturated heterocycles. The molecular weight excluding hydrogens is 482 g/mol. The average Bonchev–Trinajstić information content (AvgIpc) is 2.94. The van der Waals surface area contributed by atoms with Crippen molar-refractivity contribution in [1.82, 2.24) is 14.7 Å². The summed E-state index contributed by atoms with van der Waals surface area (Å²) in [6, 6.07) is 10.4. The molecule has 1 aromatic carbocycles. The lowest BCUT2D eigenvalue weighted by Crippen LogP contribution is -2.45. The molecule has 8 nitrogen and oxygen atoms in total. The van der Waals surface area contributed by atoms with Crippen molar-refractivity contribution in [1.29, 1.82) is 0 Å². The molecule has 1 amide bonds. The van der Waals surface area contributed by atoms with E-state index in [-0.39, 0.29) is 24.9 Å². The summed E-state index contributed by atoms with van der Waals surface area (Å²) >= 11 is 0. The van der Waals surface area contributed by atoms with E-state index in [1.165, 1.54) is 5.56 Å². The van der Waals surface area contributed by atoms with E-state index in [0.717, 1.165) is 77.7 Å². The summed E-state index contributed by atoms with van der Waals surface area (Å²) in [5.74, 6) is 0.305. The first kappa shape index (κ1) is 29.0. The van der Waals surface area contributed by atoms with Crippen molar-refractivity contribution in [2.75, 3.05) is 52.9 Å². The molecule has 2 N–H and O–H groups in total. The predicted octanol–water partition coefficient (Wildman–Crippen LogP) is 2.67. The number of esters is 1. The molecule has 0 bridgehead atoms. The fourth-order valence-corrected chi connectivity index (χ4v) is 6.21. The van der Waals surface area contributed by atoms with E-state index in [0.29, 0.717) is 25.4 Å². The number of amides is 1. The summed E-state index contributed by atoms with van der Waals surface area (Å²) in [6.07, 6.45) is 4.55. The Morgan fingerprint density at radius 2 is 1.63 bits per heavy atom. The minimum atomic E-state index is -1.15. The predicted molar refractivity (Wildman–Crippen MR) is 146 cm³/mol. The number of nitrogens with zero attached hydrogens (tertiary/aromatic N) is 3. The molecule has 8 heteroatoms. The standard InChI is InChI=1S/C30H47N3O5/c1-31-16-9-24(10-17-31)21-28(36)33-15-6-5-12-30(29(37)38-23-27(35)26(34)11-18-33)13-19-32(20-14-30)22-25-7-3-2-4-8-25/h2-4,7-8,24,26-27,34-35H,5-6,9-23H2,1H3/t26-,27+/m0/s1. The normalized spacial score (nSPS) is 27.2. The molecule has 3 heterocycles. The molecule has 3 aliphatic rings. The number of ether oxygens (including phenoxy) is 1. The fourth-order valence-electron chi connectivity index (χ4n) is 6.21. The third-order valence-corrected chi connectivity index (χ3v) is 9.01. The van der Waals surface area contributed by atoms with Gasteiger partial charge in [-0.15, -0.1) is 0 Å². The van der Waals surface area contributed by atoms with Crippen LogP contribution in [-0.2, 0) is 20.9 Å². The number of aliphatic hydroxyl groups is 2. The Morgan fingerprint density at radius 1 is 0.921 bits per heavy atom. The lowest BCUT2D eigenvalue weighted by molar-refractivity contribution is -0.165. The van der Waals surface area contributed by atoms with Gasteiger partial charge in [-0.2, -0.15) is 0 Å². The molecule has 1 aromatic rings. The number of cyclic esters (lactones) is 1. The molecular formula is C30H47N3O5. The Labute approximate surface area is 227 Å². The number of carbonyl (C=O) groups excluding carboxylic acids is 2. The number of aliphatic hydroxyl groups excluding tert-OH is 2. The fraction of sp³-hybridized carbons (Fsp3) is 0.733. The molecule has 3 fully saturated rings. The Hall–Kier alpha value is -2.00. The summed E-state index contributed by atoms with van der Waals surface area (Å²) in [7, 11) is 2.12. The van der Waals surface area contributed by atoms with Crippen LogP contribution in [-0.4, -0.2) is 102 Å². The van der Waals surface area contributed by atoms with E-state index in [4.69, 9.17) is 4.74 Å². The van der Waals surface area contributed by atoms with Gasteiger partial charge in [0.25, 0.3) is 0 Å². The number of piperidine rings is 2. The monoisotopic (exact) mass is 529 g/mol. The van der Waals surface area contributed by atoms with Gasteiger partial charge < -0.3 is 24.7 Å². The number of likely N-dealkylation sites (tertiary alicyclic amines) is 2. The van der Waals surface area contributed by atoms with Crippen LogP contribution in [0.1, 0.15) is 63.4 Å². The van der Waals surface area contributed by atoms with Crippen molar-refractivity contribution < 1.29 is 24.5 Å². The van der Waals surface area contributed by atoms with E-state index < -0.39 is 17.6 Å². The third-order valence-electron chi connectivity index (χ3n) is 9.01. The van der Waals surface area contributed by atoms with Crippen molar-refractivity contribution >= 4 is 11.9 Å². The zero-order chi connectivity index (χ0) is 27.0. The van der Waals surface area contributed by atoms with Crippen LogP contribution < -0.4 is 0 Å². The average molecular weight is 530 g/mol. The van der Waals surface area contributed by atoms with Crippen molar-refractivity contribution in [2.24, 2.45) is 11.3 Å². The lowest BCUT2D eigenvalue weighted by Gasteiger charge is -2.40. The Morgan fingerprint density at radius 3 is 2.34 bits per heavy atom. The second kappa shape index (κ2) is 13.9. The Kier molecular flexibility index (Phi) is 10.6. The highest BCUT2D eigenvalue weighted by Crippen LogP contribution is 2.39. The topological polar surface area (TPSA) is 93.6 Å². The van der Waals surface area contributed by atoms with Crippen LogP contribution >= 0.6 is 0 Å². The molecule has 0 radical (unpaired) electrons. The highest BCUT2D eigenvalue weighted by atomic mass is 16.5. The Bertz CT molecular complexity index is 881. The summed E-state index contributed by atoms with van der Waals surface area (Å²) < 4.78 is 5.62. The summed E-state index contributed by atoms with van der Waals surface area (Å²) in [4.78, 5) is 33.1. The van der Waals surface area contributed by atoms with Gasteiger partial charge in [0.15, 0.2) is 0 Å². The van der Waals surface area contributed by atoms with Gasteiger partial charge in [-0.3, -0.25) is 14.5 Å². The highest BCUT2D eigenvalue weighted by molar-refractivity contribution is 5.77. The van der Waals surface area contributed by atoms with Gasteiger partial charge in [-0.05, 0) is 89.7 Å². The number of rotatable bonds is 4. The van der Waals surface area contributed by atoms with E-state index >= 15 is 0 Å². The van der Waals surface area contributed by atoms with Crippen LogP contribution in [0.3, 0.4) is 0 Å². The van der Waals surface area contributed by atoms with E-state index in [2.05, 4.69) is 41.1 Å². The van der Waals surface area contributed by atoms with Crippen LogP contribution in [0.25, 0.3) is 0 Å². The first-order valence-electron chi connectivity index (χ1n) is 14.6. The zero-order valence-electron chi connectivity index (χ0n) is 23.1. The third kappa shape index (κ3) is 8.01. The summed E-state index contributed by atoms with van der Waals surface area (Å²) in [5.41, 5.74) is 0.692. The van der Waals surface area contributed by atoms with Gasteiger partial charge in [-0.1, -0.05) is 36.8 Å². The molecule has 38 heavy (non-hydrogen) atoms. The molecule has 0 aromatic heterocycles. The van der Waals surface area contributed by atoms with Crippen LogP contribution in [0.5, 0.6) is 0 Å². The quantitative estimate of drug-likeness (QED) is 0.580. The number of hydrogen-bond acceptors (Lipinski definition) is 7. The van der Waals surface area contributed by atoms with Crippen molar-refractivity contribution in [3.05, 3.63) is 35.9 Å². The van der Waals surface area contributed by atoms with Crippen LogP contribution in [0, 0.1) is 11.3 Å². The molecule has 0 aliphatic carbocycles. The zero-order valence-corrected chi connectivity index (χ0v) is 23.1. The maximum atomic E-state index is 13.3. The van der Waals surface area contributed by atoms with Gasteiger partial charge in [0, 0.05) is 26.1 Å². The molecule has 2 atom stereocenters. The number of benzene rings is 1. The number of hydrogen-bond donors (Lipinski definition) is 2. The number of carbonyl (C=O) groups is 2. The van der Waals surface area contributed by atoms with E-state index in [9.17, 15) is 19.8 Å². The first-order chi connectivity index (χ1) is 18.3. The van der Waals surface area contributed by atoms with Gasteiger partial charge >= 0.3 is 5.97 Å². The molecule has 1 spiro atoms. The lowest BCUT2D eigenvalue weighted by atomic mass is 9.74. The highest BCUT2D eigenvalue weighted by Gasteiger charge is 2.42. The maximum absolute atomic E-state index is 13.3.